The molecule has 0 aliphatic carbocycles. The van der Waals surface area contributed by atoms with Crippen molar-refractivity contribution in [2.45, 2.75) is 26.7 Å². The smallest absolute Gasteiger partial charge is 0.365 e. The summed E-state index contributed by atoms with van der Waals surface area (Å²) < 4.78 is 29.7. The van der Waals surface area contributed by atoms with E-state index in [9.17, 15) is 8.42 Å². The Morgan fingerprint density at radius 1 is 1.14 bits per heavy atom. The highest BCUT2D eigenvalue weighted by Gasteiger charge is 2.21. The zero-order chi connectivity index (χ0) is 15.7. The standard InChI is InChI=1S/C15H20N4O2S/c1-11-7-9-19(10-8-11)14-5-3-13(4-6-14)16-15-12(2)17-22(20,21)18-15/h3-6,11H,7-10H2,1-2H3,(H,16,18). The Morgan fingerprint density at radius 2 is 1.77 bits per heavy atom. The van der Waals surface area contributed by atoms with Gasteiger partial charge in [-0.15, -0.1) is 8.80 Å². The first-order valence-corrected chi connectivity index (χ1v) is 8.86. The highest BCUT2D eigenvalue weighted by molar-refractivity contribution is 7.89. The van der Waals surface area contributed by atoms with Crippen LogP contribution in [0.4, 0.5) is 11.4 Å². The van der Waals surface area contributed by atoms with Crippen molar-refractivity contribution >= 4 is 33.1 Å². The quantitative estimate of drug-likeness (QED) is 0.908. The van der Waals surface area contributed by atoms with Gasteiger partial charge in [-0.25, -0.2) is 0 Å². The molecule has 1 N–H and O–H groups in total. The van der Waals surface area contributed by atoms with E-state index in [2.05, 4.69) is 38.1 Å². The SMILES string of the molecule is CC1=NS(=O)(=O)N=C1Nc1ccc(N2CCC(C)CC2)cc1. The summed E-state index contributed by atoms with van der Waals surface area (Å²) in [7, 11) is -3.69. The lowest BCUT2D eigenvalue weighted by Gasteiger charge is -2.32. The number of benzene rings is 1. The van der Waals surface area contributed by atoms with Gasteiger partial charge < -0.3 is 10.2 Å². The van der Waals surface area contributed by atoms with Gasteiger partial charge in [-0.05, 0) is 49.9 Å². The van der Waals surface area contributed by atoms with Crippen molar-refractivity contribution in [2.24, 2.45) is 14.7 Å². The molecule has 0 saturated carbocycles. The molecular formula is C15H20N4O2S. The first kappa shape index (κ1) is 15.0. The number of hydrogen-bond acceptors (Lipinski definition) is 4. The maximum Gasteiger partial charge on any atom is 0.365 e. The molecule has 1 fully saturated rings. The van der Waals surface area contributed by atoms with Crippen LogP contribution in [0, 0.1) is 5.92 Å². The molecule has 6 nitrogen and oxygen atoms in total. The summed E-state index contributed by atoms with van der Waals surface area (Å²) >= 11 is 0. The van der Waals surface area contributed by atoms with Gasteiger partial charge in [0.15, 0.2) is 5.84 Å². The summed E-state index contributed by atoms with van der Waals surface area (Å²) in [6.07, 6.45) is 2.45. The molecule has 1 saturated heterocycles. The van der Waals surface area contributed by atoms with Gasteiger partial charge in [0.2, 0.25) is 0 Å². The Morgan fingerprint density at radius 3 is 2.32 bits per heavy atom. The van der Waals surface area contributed by atoms with Gasteiger partial charge in [-0.3, -0.25) is 0 Å². The first-order valence-electron chi connectivity index (χ1n) is 7.47. The Balaban J connectivity index is 1.69. The van der Waals surface area contributed by atoms with E-state index >= 15 is 0 Å². The molecule has 0 spiro atoms. The number of nitrogens with zero attached hydrogens (tertiary/aromatic N) is 3. The van der Waals surface area contributed by atoms with Gasteiger partial charge in [0, 0.05) is 24.5 Å². The summed E-state index contributed by atoms with van der Waals surface area (Å²) in [5.74, 6) is 1.10. The third kappa shape index (κ3) is 3.30. The van der Waals surface area contributed by atoms with Crippen LogP contribution in [-0.4, -0.2) is 33.1 Å². The van der Waals surface area contributed by atoms with E-state index in [1.165, 1.54) is 18.5 Å². The summed E-state index contributed by atoms with van der Waals surface area (Å²) in [5.41, 5.74) is 2.39. The number of hydrogen-bond donors (Lipinski definition) is 1. The number of piperidine rings is 1. The van der Waals surface area contributed by atoms with E-state index < -0.39 is 10.2 Å². The monoisotopic (exact) mass is 320 g/mol. The first-order chi connectivity index (χ1) is 10.4. The average Bonchev–Trinajstić information content (AvgIpc) is 2.73. The van der Waals surface area contributed by atoms with Gasteiger partial charge >= 0.3 is 10.2 Å². The van der Waals surface area contributed by atoms with E-state index in [0.29, 0.717) is 11.5 Å². The van der Waals surface area contributed by atoms with Crippen LogP contribution >= 0.6 is 0 Å². The Kier molecular flexibility index (Phi) is 3.90. The number of nitrogens with one attached hydrogen (secondary N) is 1. The minimum Gasteiger partial charge on any atom is -0.372 e. The fourth-order valence-corrected chi connectivity index (χ4v) is 3.57. The molecule has 2 aliphatic rings. The molecule has 2 aliphatic heterocycles. The molecule has 7 heteroatoms. The lowest BCUT2D eigenvalue weighted by molar-refractivity contribution is 0.438. The molecule has 0 unspecified atom stereocenters. The maximum atomic E-state index is 11.3. The molecule has 0 atom stereocenters. The van der Waals surface area contributed by atoms with Gasteiger partial charge in [-0.2, -0.15) is 8.42 Å². The molecule has 2 heterocycles. The lowest BCUT2D eigenvalue weighted by atomic mass is 9.99. The minimum absolute atomic E-state index is 0.291. The van der Waals surface area contributed by atoms with Crippen molar-refractivity contribution in [3.8, 4) is 0 Å². The zero-order valence-corrected chi connectivity index (χ0v) is 13.6. The van der Waals surface area contributed by atoms with Crippen molar-refractivity contribution in [1.29, 1.82) is 0 Å². The molecule has 0 radical (unpaired) electrons. The third-order valence-electron chi connectivity index (χ3n) is 4.08. The molecule has 0 amide bonds. The normalized spacial score (nSPS) is 21.5. The Labute approximate surface area is 131 Å². The molecule has 1 aromatic carbocycles. The van der Waals surface area contributed by atoms with Gasteiger partial charge in [0.1, 0.15) is 0 Å². The third-order valence-corrected chi connectivity index (χ3v) is 5.00. The lowest BCUT2D eigenvalue weighted by Crippen LogP contribution is -2.32. The number of amidine groups is 1. The van der Waals surface area contributed by atoms with E-state index in [0.717, 1.165) is 24.7 Å². The highest BCUT2D eigenvalue weighted by atomic mass is 32.2. The second-order valence-electron chi connectivity index (χ2n) is 5.91. The van der Waals surface area contributed by atoms with E-state index in [-0.39, 0.29) is 0 Å². The van der Waals surface area contributed by atoms with Crippen molar-refractivity contribution in [3.63, 3.8) is 0 Å². The molecule has 3 rings (SSSR count). The van der Waals surface area contributed by atoms with Gasteiger partial charge in [0.25, 0.3) is 0 Å². The number of rotatable bonds is 2. The van der Waals surface area contributed by atoms with Crippen molar-refractivity contribution in [2.75, 3.05) is 23.3 Å². The summed E-state index contributed by atoms with van der Waals surface area (Å²) in [6, 6.07) is 7.98. The molecular weight excluding hydrogens is 300 g/mol. The minimum atomic E-state index is -3.69. The average molecular weight is 320 g/mol. The van der Waals surface area contributed by atoms with Crippen LogP contribution in [0.1, 0.15) is 26.7 Å². The largest absolute Gasteiger partial charge is 0.372 e. The fraction of sp³-hybridized carbons (Fsp3) is 0.467. The zero-order valence-electron chi connectivity index (χ0n) is 12.8. The molecule has 0 bridgehead atoms. The predicted molar refractivity (Wildman–Crippen MR) is 90.1 cm³/mol. The van der Waals surface area contributed by atoms with Crippen LogP contribution in [0.2, 0.25) is 0 Å². The number of anilines is 2. The molecule has 0 aromatic heterocycles. The maximum absolute atomic E-state index is 11.3. The summed E-state index contributed by atoms with van der Waals surface area (Å²) in [5, 5.41) is 3.00. The van der Waals surface area contributed by atoms with Crippen LogP contribution in [0.5, 0.6) is 0 Å². The Bertz CT molecular complexity index is 714. The second-order valence-corrected chi connectivity index (χ2v) is 7.17. The van der Waals surface area contributed by atoms with Gasteiger partial charge in [-0.1, -0.05) is 6.92 Å². The van der Waals surface area contributed by atoms with Crippen LogP contribution < -0.4 is 10.2 Å². The van der Waals surface area contributed by atoms with Crippen LogP contribution in [-0.2, 0) is 10.2 Å². The van der Waals surface area contributed by atoms with Gasteiger partial charge in [0.05, 0.1) is 5.71 Å². The summed E-state index contributed by atoms with van der Waals surface area (Å²) in [6.45, 7) is 6.10. The van der Waals surface area contributed by atoms with Crippen LogP contribution in [0.25, 0.3) is 0 Å². The Hall–Kier alpha value is -1.89. The molecule has 118 valence electrons. The highest BCUT2D eigenvalue weighted by Crippen LogP contribution is 2.24. The predicted octanol–water partition coefficient (Wildman–Crippen LogP) is 2.45. The van der Waals surface area contributed by atoms with Crippen LogP contribution in [0.15, 0.2) is 33.1 Å². The topological polar surface area (TPSA) is 74.1 Å². The second kappa shape index (κ2) is 5.72. The van der Waals surface area contributed by atoms with E-state index in [4.69, 9.17) is 0 Å². The van der Waals surface area contributed by atoms with Crippen molar-refractivity contribution in [3.05, 3.63) is 24.3 Å². The van der Waals surface area contributed by atoms with E-state index in [1.54, 1.807) is 6.92 Å². The van der Waals surface area contributed by atoms with Crippen molar-refractivity contribution in [1.82, 2.24) is 0 Å². The molecule has 1 aromatic rings. The molecule has 22 heavy (non-hydrogen) atoms. The fourth-order valence-electron chi connectivity index (χ4n) is 2.69. The van der Waals surface area contributed by atoms with Crippen LogP contribution in [0.3, 0.4) is 0 Å². The summed E-state index contributed by atoms with van der Waals surface area (Å²) in [4.78, 5) is 2.38. The van der Waals surface area contributed by atoms with E-state index in [1.807, 2.05) is 12.1 Å². The van der Waals surface area contributed by atoms with Crippen molar-refractivity contribution < 1.29 is 8.42 Å².